The fourth-order valence-corrected chi connectivity index (χ4v) is 1.31. The van der Waals surface area contributed by atoms with Gasteiger partial charge in [-0.3, -0.25) is 4.31 Å². The summed E-state index contributed by atoms with van der Waals surface area (Å²) < 4.78 is 1.78. The van der Waals surface area contributed by atoms with Gasteiger partial charge in [0.25, 0.3) is 0 Å². The lowest BCUT2D eigenvalue weighted by Gasteiger charge is -2.20. The molecule has 0 amide bonds. The summed E-state index contributed by atoms with van der Waals surface area (Å²) in [5, 5.41) is 3.12. The van der Waals surface area contributed by atoms with Crippen LogP contribution in [0.5, 0.6) is 0 Å². The van der Waals surface area contributed by atoms with Crippen LogP contribution in [0.4, 0.5) is 11.4 Å². The average molecular weight is 164 g/mol. The third-order valence-electron chi connectivity index (χ3n) is 1.61. The smallest absolute Gasteiger partial charge is 0.0751 e. The summed E-state index contributed by atoms with van der Waals surface area (Å²) in [7, 11) is 0. The predicted octanol–water partition coefficient (Wildman–Crippen LogP) is 2.23. The molecule has 0 atom stereocenters. The lowest BCUT2D eigenvalue weighted by atomic mass is 10.2. The predicted molar refractivity (Wildman–Crippen MR) is 50.7 cm³/mol. The van der Waals surface area contributed by atoms with Crippen LogP contribution in [-0.2, 0) is 0 Å². The molecule has 0 saturated carbocycles. The number of nitrogens with zero attached hydrogens (tertiary/aromatic N) is 1. The number of nitrogens with one attached hydrogen (secondary N) is 1. The van der Waals surface area contributed by atoms with E-state index in [0.29, 0.717) is 0 Å². The summed E-state index contributed by atoms with van der Waals surface area (Å²) in [4.78, 5) is 0. The van der Waals surface area contributed by atoms with Crippen LogP contribution >= 0.6 is 12.8 Å². The number of thiol groups is 1. The van der Waals surface area contributed by atoms with Crippen molar-refractivity contribution in [2.45, 2.75) is 0 Å². The first-order chi connectivity index (χ1) is 5.38. The Labute approximate surface area is 71.1 Å². The van der Waals surface area contributed by atoms with Gasteiger partial charge >= 0.3 is 0 Å². The van der Waals surface area contributed by atoms with Gasteiger partial charge in [-0.25, -0.2) is 0 Å². The zero-order valence-corrected chi connectivity index (χ0v) is 6.75. The summed E-state index contributed by atoms with van der Waals surface area (Å²) in [6, 6.07) is 8.01. The minimum Gasteiger partial charge on any atom is -0.359 e. The van der Waals surface area contributed by atoms with Crippen molar-refractivity contribution in [1.29, 1.82) is 0 Å². The second-order valence-corrected chi connectivity index (χ2v) is 2.75. The maximum Gasteiger partial charge on any atom is 0.0751 e. The summed E-state index contributed by atoms with van der Waals surface area (Å²) >= 11 is 4.25. The second-order valence-electron chi connectivity index (χ2n) is 2.32. The Balaban J connectivity index is 2.50. The number of para-hydroxylation sites is 2. The van der Waals surface area contributed by atoms with Crippen molar-refractivity contribution in [3.8, 4) is 0 Å². The molecule has 2 nitrogen and oxygen atoms in total. The van der Waals surface area contributed by atoms with Crippen LogP contribution < -0.4 is 9.62 Å². The first-order valence-electron chi connectivity index (χ1n) is 3.38. The molecule has 0 saturated heterocycles. The van der Waals surface area contributed by atoms with E-state index in [0.717, 1.165) is 11.4 Å². The molecular weight excluding hydrogens is 156 g/mol. The van der Waals surface area contributed by atoms with Crippen LogP contribution in [0.25, 0.3) is 0 Å². The highest BCUT2D eigenvalue weighted by Crippen LogP contribution is 2.29. The number of benzene rings is 1. The second kappa shape index (κ2) is 2.51. The van der Waals surface area contributed by atoms with E-state index >= 15 is 0 Å². The van der Waals surface area contributed by atoms with Crippen molar-refractivity contribution >= 4 is 24.2 Å². The molecule has 1 N–H and O–H groups in total. The molecule has 1 aromatic rings. The Morgan fingerprint density at radius 2 is 2.09 bits per heavy atom. The molecule has 0 unspecified atom stereocenters. The van der Waals surface area contributed by atoms with E-state index in [-0.39, 0.29) is 0 Å². The Morgan fingerprint density at radius 3 is 2.91 bits per heavy atom. The summed E-state index contributed by atoms with van der Waals surface area (Å²) in [6.07, 6.45) is 3.72. The molecule has 0 fully saturated rings. The lowest BCUT2D eigenvalue weighted by Crippen LogP contribution is -2.08. The van der Waals surface area contributed by atoms with Gasteiger partial charge in [0.05, 0.1) is 11.4 Å². The van der Waals surface area contributed by atoms with Crippen LogP contribution in [-0.4, -0.2) is 0 Å². The zero-order valence-electron chi connectivity index (χ0n) is 5.86. The topological polar surface area (TPSA) is 15.3 Å². The van der Waals surface area contributed by atoms with Crippen LogP contribution in [0.3, 0.4) is 0 Å². The van der Waals surface area contributed by atoms with Gasteiger partial charge in [-0.1, -0.05) is 24.9 Å². The minimum absolute atomic E-state index is 1.08. The van der Waals surface area contributed by atoms with E-state index in [1.54, 1.807) is 4.31 Å². The van der Waals surface area contributed by atoms with Gasteiger partial charge in [-0.15, -0.1) is 0 Å². The molecule has 1 heterocycles. The normalized spacial score (nSPS) is 14.1. The molecule has 3 heteroatoms. The average Bonchev–Trinajstić information content (AvgIpc) is 2.06. The van der Waals surface area contributed by atoms with Crippen LogP contribution in [0, 0.1) is 0 Å². The molecule has 0 bridgehead atoms. The van der Waals surface area contributed by atoms with Gasteiger partial charge in [0.1, 0.15) is 0 Å². The number of fused-ring (bicyclic) bond motifs is 1. The van der Waals surface area contributed by atoms with Gasteiger partial charge < -0.3 is 5.32 Å². The third kappa shape index (κ3) is 1.07. The highest BCUT2D eigenvalue weighted by atomic mass is 32.1. The SMILES string of the molecule is SN1C=CNc2ccccc21. The van der Waals surface area contributed by atoms with Gasteiger partial charge in [0.2, 0.25) is 0 Å². The summed E-state index contributed by atoms with van der Waals surface area (Å²) in [6.45, 7) is 0. The third-order valence-corrected chi connectivity index (χ3v) is 1.95. The van der Waals surface area contributed by atoms with Gasteiger partial charge in [0, 0.05) is 12.4 Å². The first-order valence-corrected chi connectivity index (χ1v) is 3.78. The lowest BCUT2D eigenvalue weighted by molar-refractivity contribution is 1.38. The van der Waals surface area contributed by atoms with E-state index in [1.165, 1.54) is 0 Å². The molecule has 1 aliphatic heterocycles. The standard InChI is InChI=1S/C8H8N2S/c11-10-6-5-9-7-3-1-2-4-8(7)10/h1-6,9,11H. The number of hydrogen-bond donors (Lipinski definition) is 2. The maximum absolute atomic E-state index is 4.25. The Morgan fingerprint density at radius 1 is 1.27 bits per heavy atom. The van der Waals surface area contributed by atoms with E-state index in [9.17, 15) is 0 Å². The van der Waals surface area contributed by atoms with Crippen LogP contribution in [0.15, 0.2) is 36.7 Å². The number of rotatable bonds is 0. The van der Waals surface area contributed by atoms with Crippen molar-refractivity contribution in [3.05, 3.63) is 36.7 Å². The van der Waals surface area contributed by atoms with Crippen molar-refractivity contribution in [2.24, 2.45) is 0 Å². The highest BCUT2D eigenvalue weighted by molar-refractivity contribution is 7.82. The first kappa shape index (κ1) is 6.61. The van der Waals surface area contributed by atoms with E-state index in [1.807, 2.05) is 36.7 Å². The largest absolute Gasteiger partial charge is 0.359 e. The maximum atomic E-state index is 4.25. The van der Waals surface area contributed by atoms with Gasteiger partial charge in [-0.2, -0.15) is 0 Å². The van der Waals surface area contributed by atoms with Crippen molar-refractivity contribution in [1.82, 2.24) is 0 Å². The molecule has 0 radical (unpaired) electrons. The highest BCUT2D eigenvalue weighted by Gasteiger charge is 2.06. The minimum atomic E-state index is 1.08. The van der Waals surface area contributed by atoms with Crippen molar-refractivity contribution in [3.63, 3.8) is 0 Å². The van der Waals surface area contributed by atoms with Gasteiger partial charge in [0.15, 0.2) is 0 Å². The monoisotopic (exact) mass is 164 g/mol. The summed E-state index contributed by atoms with van der Waals surface area (Å²) in [5.74, 6) is 0. The summed E-state index contributed by atoms with van der Waals surface area (Å²) in [5.41, 5.74) is 2.17. The van der Waals surface area contributed by atoms with Crippen molar-refractivity contribution < 1.29 is 0 Å². The van der Waals surface area contributed by atoms with Gasteiger partial charge in [-0.05, 0) is 12.1 Å². The van der Waals surface area contributed by atoms with E-state index < -0.39 is 0 Å². The Kier molecular flexibility index (Phi) is 1.51. The van der Waals surface area contributed by atoms with Crippen LogP contribution in [0.2, 0.25) is 0 Å². The molecule has 1 aliphatic rings. The molecule has 2 rings (SSSR count). The fourth-order valence-electron chi connectivity index (χ4n) is 1.07. The number of hydrogen-bond acceptors (Lipinski definition) is 3. The Bertz CT molecular complexity index is 296. The molecule has 1 aromatic carbocycles. The zero-order chi connectivity index (χ0) is 7.68. The van der Waals surface area contributed by atoms with E-state index in [4.69, 9.17) is 0 Å². The fraction of sp³-hybridized carbons (Fsp3) is 0. The molecule has 0 spiro atoms. The number of anilines is 2. The molecule has 11 heavy (non-hydrogen) atoms. The molecule has 0 aromatic heterocycles. The Hall–Kier alpha value is -1.09. The molecule has 56 valence electrons. The molecule has 0 aliphatic carbocycles. The van der Waals surface area contributed by atoms with Crippen molar-refractivity contribution in [2.75, 3.05) is 9.62 Å². The van der Waals surface area contributed by atoms with Crippen LogP contribution in [0.1, 0.15) is 0 Å². The molecular formula is C8H8N2S. The quantitative estimate of drug-likeness (QED) is 0.572. The van der Waals surface area contributed by atoms with E-state index in [2.05, 4.69) is 18.1 Å².